The molecule has 0 bridgehead atoms. The minimum atomic E-state index is 0.627. The smallest absolute Gasteiger partial charge is 0.162 e. The van der Waals surface area contributed by atoms with E-state index in [-0.39, 0.29) is 0 Å². The Kier molecular flexibility index (Phi) is 10.9. The first-order valence-corrected chi connectivity index (χ1v) is 20.1. The number of rotatable bonds is 12. The fraction of sp³-hybridized carbons (Fsp3) is 0.0357. The summed E-state index contributed by atoms with van der Waals surface area (Å²) in [6.45, 7) is 0. The predicted molar refractivity (Wildman–Crippen MR) is 251 cm³/mol. The van der Waals surface area contributed by atoms with Gasteiger partial charge in [0.25, 0.3) is 0 Å². The monoisotopic (exact) mass is 776 g/mol. The van der Waals surface area contributed by atoms with Gasteiger partial charge < -0.3 is 19.3 Å². The molecular weight excluding hydrogens is 733 g/mol. The van der Waals surface area contributed by atoms with E-state index in [1.807, 2.05) is 24.3 Å². The summed E-state index contributed by atoms with van der Waals surface area (Å²) < 4.78 is 12.1. The zero-order valence-corrected chi connectivity index (χ0v) is 33.7. The maximum atomic E-state index is 6.06. The molecule has 0 aliphatic rings. The maximum Gasteiger partial charge on any atom is 0.162 e. The molecule has 0 fully saturated rings. The van der Waals surface area contributed by atoms with Crippen LogP contribution in [0.3, 0.4) is 0 Å². The Morgan fingerprint density at radius 1 is 0.250 bits per heavy atom. The molecule has 0 atom stereocenters. The van der Waals surface area contributed by atoms with Gasteiger partial charge in [-0.15, -0.1) is 0 Å². The van der Waals surface area contributed by atoms with Crippen molar-refractivity contribution in [1.29, 1.82) is 0 Å². The van der Waals surface area contributed by atoms with Crippen LogP contribution in [0.25, 0.3) is 44.5 Å². The summed E-state index contributed by atoms with van der Waals surface area (Å²) >= 11 is 0. The lowest BCUT2D eigenvalue weighted by atomic mass is 10.0. The minimum absolute atomic E-state index is 0.627. The number of benzene rings is 9. The van der Waals surface area contributed by atoms with Gasteiger partial charge in [0, 0.05) is 34.9 Å². The van der Waals surface area contributed by atoms with Crippen LogP contribution in [-0.2, 0) is 0 Å². The van der Waals surface area contributed by atoms with Gasteiger partial charge in [-0.25, -0.2) is 0 Å². The average molecular weight is 777 g/mol. The lowest BCUT2D eigenvalue weighted by Gasteiger charge is -2.34. The molecule has 0 saturated heterocycles. The van der Waals surface area contributed by atoms with E-state index in [4.69, 9.17) is 9.47 Å². The van der Waals surface area contributed by atoms with Gasteiger partial charge in [0.2, 0.25) is 0 Å². The van der Waals surface area contributed by atoms with Crippen LogP contribution in [0.2, 0.25) is 0 Å². The molecule has 0 amide bonds. The van der Waals surface area contributed by atoms with Crippen LogP contribution in [0.15, 0.2) is 231 Å². The molecule has 0 unspecified atom stereocenters. The van der Waals surface area contributed by atoms with Crippen LogP contribution in [0.5, 0.6) is 11.5 Å². The molecule has 60 heavy (non-hydrogen) atoms. The number of nitrogens with zero attached hydrogens (tertiary/aromatic N) is 2. The van der Waals surface area contributed by atoms with Crippen molar-refractivity contribution in [2.75, 3.05) is 24.0 Å². The summed E-state index contributed by atoms with van der Waals surface area (Å²) in [6, 6.07) is 81.3. The van der Waals surface area contributed by atoms with Crippen LogP contribution < -0.4 is 19.3 Å². The summed E-state index contributed by atoms with van der Waals surface area (Å²) in [5, 5.41) is 0. The molecule has 9 rings (SSSR count). The number of methoxy groups -OCH3 is 2. The van der Waals surface area contributed by atoms with Crippen molar-refractivity contribution in [3.63, 3.8) is 0 Å². The standard InChI is InChI=1S/C56H44N2O2/c1-59-55-39-53(57(49-31-23-45(24-32-49)41-15-7-3-8-16-41)50-33-25-46(26-34-50)42-17-9-4-10-18-42)54(40-56(55)60-2)58(51-35-27-47(28-36-51)43-19-11-5-12-20-43)52-37-29-48(30-38-52)44-21-13-6-14-22-44/h3-40H,1-2H3. The van der Waals surface area contributed by atoms with Crippen LogP contribution in [0.4, 0.5) is 34.1 Å². The second-order valence-electron chi connectivity index (χ2n) is 14.5. The van der Waals surface area contributed by atoms with Gasteiger partial charge in [0.05, 0.1) is 25.6 Å². The topological polar surface area (TPSA) is 24.9 Å². The molecule has 0 aliphatic carbocycles. The Balaban J connectivity index is 1.25. The second-order valence-corrected chi connectivity index (χ2v) is 14.5. The van der Waals surface area contributed by atoms with Gasteiger partial charge >= 0.3 is 0 Å². The molecule has 4 heteroatoms. The zero-order valence-electron chi connectivity index (χ0n) is 33.7. The molecule has 290 valence electrons. The number of ether oxygens (including phenoxy) is 2. The van der Waals surface area contributed by atoms with Crippen molar-refractivity contribution in [1.82, 2.24) is 0 Å². The molecule has 0 aliphatic heterocycles. The van der Waals surface area contributed by atoms with Crippen molar-refractivity contribution in [2.24, 2.45) is 0 Å². The van der Waals surface area contributed by atoms with E-state index in [0.717, 1.165) is 56.4 Å². The Bertz CT molecular complexity index is 2410. The summed E-state index contributed by atoms with van der Waals surface area (Å²) in [7, 11) is 3.38. The van der Waals surface area contributed by atoms with E-state index >= 15 is 0 Å². The lowest BCUT2D eigenvalue weighted by Crippen LogP contribution is -2.17. The second kappa shape index (κ2) is 17.4. The number of hydrogen-bond acceptors (Lipinski definition) is 4. The third-order valence-corrected chi connectivity index (χ3v) is 10.9. The third kappa shape index (κ3) is 7.87. The molecule has 9 aromatic rings. The summed E-state index contributed by atoms with van der Waals surface area (Å²) in [5.41, 5.74) is 15.0. The lowest BCUT2D eigenvalue weighted by molar-refractivity contribution is 0.355. The predicted octanol–water partition coefficient (Wildman–Crippen LogP) is 15.3. The van der Waals surface area contributed by atoms with Crippen LogP contribution in [0.1, 0.15) is 0 Å². The first-order valence-electron chi connectivity index (χ1n) is 20.1. The van der Waals surface area contributed by atoms with E-state index in [0.29, 0.717) is 11.5 Å². The largest absolute Gasteiger partial charge is 0.493 e. The zero-order chi connectivity index (χ0) is 40.7. The molecule has 0 saturated carbocycles. The van der Waals surface area contributed by atoms with Crippen molar-refractivity contribution in [3.8, 4) is 56.0 Å². The Morgan fingerprint density at radius 2 is 0.450 bits per heavy atom. The van der Waals surface area contributed by atoms with Crippen molar-refractivity contribution in [2.45, 2.75) is 0 Å². The van der Waals surface area contributed by atoms with Crippen molar-refractivity contribution < 1.29 is 9.47 Å². The summed E-state index contributed by atoms with van der Waals surface area (Å²) in [4.78, 5) is 4.62. The SMILES string of the molecule is COc1cc(N(c2ccc(-c3ccccc3)cc2)c2ccc(-c3ccccc3)cc2)c(N(c2ccc(-c3ccccc3)cc2)c2ccc(-c3ccccc3)cc2)cc1OC. The van der Waals surface area contributed by atoms with E-state index in [1.54, 1.807) is 14.2 Å². The van der Waals surface area contributed by atoms with Gasteiger partial charge in [-0.1, -0.05) is 170 Å². The first-order chi connectivity index (χ1) is 29.7. The molecule has 0 N–H and O–H groups in total. The van der Waals surface area contributed by atoms with Crippen LogP contribution in [-0.4, -0.2) is 14.2 Å². The van der Waals surface area contributed by atoms with Crippen molar-refractivity contribution in [3.05, 3.63) is 231 Å². The third-order valence-electron chi connectivity index (χ3n) is 10.9. The fourth-order valence-corrected chi connectivity index (χ4v) is 7.80. The Labute approximate surface area is 352 Å². The molecule has 0 heterocycles. The highest BCUT2D eigenvalue weighted by atomic mass is 16.5. The molecule has 4 nitrogen and oxygen atoms in total. The molecule has 0 radical (unpaired) electrons. The van der Waals surface area contributed by atoms with E-state index in [2.05, 4.69) is 216 Å². The molecule has 0 spiro atoms. The highest BCUT2D eigenvalue weighted by Gasteiger charge is 2.26. The molecule has 0 aromatic heterocycles. The summed E-state index contributed by atoms with van der Waals surface area (Å²) in [6.07, 6.45) is 0. The van der Waals surface area contributed by atoms with E-state index in [1.165, 1.54) is 22.3 Å². The number of anilines is 6. The quantitative estimate of drug-likeness (QED) is 0.123. The minimum Gasteiger partial charge on any atom is -0.493 e. The fourth-order valence-electron chi connectivity index (χ4n) is 7.80. The van der Waals surface area contributed by atoms with E-state index in [9.17, 15) is 0 Å². The van der Waals surface area contributed by atoms with Gasteiger partial charge in [0.15, 0.2) is 11.5 Å². The van der Waals surface area contributed by atoms with Gasteiger partial charge in [-0.05, 0) is 93.0 Å². The first kappa shape index (κ1) is 37.7. The highest BCUT2D eigenvalue weighted by molar-refractivity contribution is 5.94. The maximum absolute atomic E-state index is 6.06. The van der Waals surface area contributed by atoms with Gasteiger partial charge in [-0.2, -0.15) is 0 Å². The Morgan fingerprint density at radius 3 is 0.650 bits per heavy atom. The van der Waals surface area contributed by atoms with Crippen molar-refractivity contribution >= 4 is 34.1 Å². The number of hydrogen-bond donors (Lipinski definition) is 0. The normalized spacial score (nSPS) is 10.8. The Hall–Kier alpha value is -7.82. The molecule has 9 aromatic carbocycles. The van der Waals surface area contributed by atoms with Gasteiger partial charge in [-0.3, -0.25) is 0 Å². The van der Waals surface area contributed by atoms with Gasteiger partial charge in [0.1, 0.15) is 0 Å². The van der Waals surface area contributed by atoms with E-state index < -0.39 is 0 Å². The highest BCUT2D eigenvalue weighted by Crippen LogP contribution is 2.50. The summed E-state index contributed by atoms with van der Waals surface area (Å²) in [5.74, 6) is 1.25. The molecular formula is C56H44N2O2. The van der Waals surface area contributed by atoms with Crippen LogP contribution >= 0.6 is 0 Å². The average Bonchev–Trinajstić information content (AvgIpc) is 3.34. The van der Waals surface area contributed by atoms with Crippen LogP contribution in [0, 0.1) is 0 Å².